The number of hydrogen-bond donors (Lipinski definition) is 2. The van der Waals surface area contributed by atoms with Crippen molar-refractivity contribution in [1.82, 2.24) is 15.6 Å². The van der Waals surface area contributed by atoms with Gasteiger partial charge < -0.3 is 20.3 Å². The monoisotopic (exact) mass is 473 g/mol. The molecule has 0 saturated carbocycles. The van der Waals surface area contributed by atoms with Gasteiger partial charge in [-0.1, -0.05) is 6.07 Å². The minimum absolute atomic E-state index is 0. The highest BCUT2D eigenvalue weighted by molar-refractivity contribution is 14.0. The molecule has 25 heavy (non-hydrogen) atoms. The summed E-state index contributed by atoms with van der Waals surface area (Å²) in [7, 11) is 1.52. The van der Waals surface area contributed by atoms with Crippen LogP contribution < -0.4 is 15.5 Å². The predicted molar refractivity (Wildman–Crippen MR) is 102 cm³/mol. The molecule has 0 aromatic carbocycles. The Hall–Kier alpha value is -1.30. The summed E-state index contributed by atoms with van der Waals surface area (Å²) < 4.78 is 41.9. The van der Waals surface area contributed by atoms with Crippen LogP contribution in [0.2, 0.25) is 0 Å². The van der Waals surface area contributed by atoms with Crippen LogP contribution in [-0.2, 0) is 11.3 Å². The lowest BCUT2D eigenvalue weighted by atomic mass is 10.2. The number of aromatic nitrogens is 1. The summed E-state index contributed by atoms with van der Waals surface area (Å²) in [4.78, 5) is 10.5. The first-order valence-corrected chi connectivity index (χ1v) is 7.77. The van der Waals surface area contributed by atoms with Crippen LogP contribution in [0.3, 0.4) is 0 Å². The molecular formula is C15H23F3IN5O. The van der Waals surface area contributed by atoms with Crippen LogP contribution in [0.15, 0.2) is 23.3 Å². The average molecular weight is 473 g/mol. The zero-order valence-corrected chi connectivity index (χ0v) is 16.3. The zero-order valence-electron chi connectivity index (χ0n) is 14.0. The Balaban J connectivity index is 0.00000312. The van der Waals surface area contributed by atoms with E-state index in [1.54, 1.807) is 6.20 Å². The van der Waals surface area contributed by atoms with Crippen molar-refractivity contribution in [3.63, 3.8) is 0 Å². The molecular weight excluding hydrogens is 450 g/mol. The van der Waals surface area contributed by atoms with Gasteiger partial charge in [-0.15, -0.1) is 24.0 Å². The molecule has 6 nitrogen and oxygen atoms in total. The quantitative estimate of drug-likeness (QED) is 0.390. The molecule has 1 fully saturated rings. The van der Waals surface area contributed by atoms with Crippen LogP contribution in [0.1, 0.15) is 12.0 Å². The Morgan fingerprint density at radius 2 is 2.04 bits per heavy atom. The molecule has 0 radical (unpaired) electrons. The number of hydrogen-bond acceptors (Lipinski definition) is 4. The van der Waals surface area contributed by atoms with Crippen molar-refractivity contribution < 1.29 is 17.9 Å². The van der Waals surface area contributed by atoms with Crippen molar-refractivity contribution in [2.24, 2.45) is 4.99 Å². The first-order valence-electron chi connectivity index (χ1n) is 7.77. The standard InChI is InChI=1S/C15H22F3N5O.HI/c1-19-14(21-6-4-15(16,17)18)22-11-12-3-2-5-20-13(12)23-7-9-24-10-8-23;/h2-3,5H,4,6-11H2,1H3,(H2,19,21,22);1H. The van der Waals surface area contributed by atoms with Crippen molar-refractivity contribution in [3.05, 3.63) is 23.9 Å². The number of ether oxygens (including phenoxy) is 1. The average Bonchev–Trinajstić information content (AvgIpc) is 2.58. The molecule has 0 atom stereocenters. The highest BCUT2D eigenvalue weighted by Gasteiger charge is 2.26. The Bertz CT molecular complexity index is 550. The van der Waals surface area contributed by atoms with E-state index < -0.39 is 12.6 Å². The molecule has 142 valence electrons. The van der Waals surface area contributed by atoms with Crippen LogP contribution in [0.25, 0.3) is 0 Å². The Kier molecular flexibility index (Phi) is 9.25. The van der Waals surface area contributed by atoms with Crippen molar-refractivity contribution in [2.75, 3.05) is 44.8 Å². The summed E-state index contributed by atoms with van der Waals surface area (Å²) >= 11 is 0. The molecule has 1 aliphatic rings. The number of anilines is 1. The highest BCUT2D eigenvalue weighted by Crippen LogP contribution is 2.19. The number of aliphatic imine (C=N–C) groups is 1. The molecule has 1 aromatic heterocycles. The predicted octanol–water partition coefficient (Wildman–Crippen LogP) is 2.15. The van der Waals surface area contributed by atoms with Crippen LogP contribution in [0.4, 0.5) is 19.0 Å². The molecule has 1 aliphatic heterocycles. The molecule has 0 amide bonds. The minimum atomic E-state index is -4.18. The van der Waals surface area contributed by atoms with E-state index in [1.807, 2.05) is 12.1 Å². The molecule has 0 spiro atoms. The fraction of sp³-hybridized carbons (Fsp3) is 0.600. The first-order chi connectivity index (χ1) is 11.5. The molecule has 2 rings (SSSR count). The van der Waals surface area contributed by atoms with E-state index in [1.165, 1.54) is 7.05 Å². The molecule has 2 heterocycles. The van der Waals surface area contributed by atoms with Gasteiger partial charge in [-0.05, 0) is 6.07 Å². The van der Waals surface area contributed by atoms with Crippen LogP contribution in [0.5, 0.6) is 0 Å². The van der Waals surface area contributed by atoms with Crippen molar-refractivity contribution >= 4 is 35.8 Å². The van der Waals surface area contributed by atoms with Gasteiger partial charge in [0.25, 0.3) is 0 Å². The van der Waals surface area contributed by atoms with E-state index >= 15 is 0 Å². The second-order valence-electron chi connectivity index (χ2n) is 5.30. The summed E-state index contributed by atoms with van der Waals surface area (Å²) in [5.41, 5.74) is 0.957. The third-order valence-electron chi connectivity index (χ3n) is 3.55. The Morgan fingerprint density at radius 3 is 2.68 bits per heavy atom. The van der Waals surface area contributed by atoms with E-state index in [4.69, 9.17) is 4.74 Å². The van der Waals surface area contributed by atoms with Gasteiger partial charge in [0.05, 0.1) is 19.6 Å². The maximum absolute atomic E-state index is 12.2. The van der Waals surface area contributed by atoms with Gasteiger partial charge >= 0.3 is 6.18 Å². The molecule has 0 bridgehead atoms. The Labute approximate surface area is 162 Å². The van der Waals surface area contributed by atoms with Crippen molar-refractivity contribution in [1.29, 1.82) is 0 Å². The topological polar surface area (TPSA) is 61.8 Å². The summed E-state index contributed by atoms with van der Waals surface area (Å²) in [6.45, 7) is 3.05. The van der Waals surface area contributed by atoms with Gasteiger partial charge in [-0.25, -0.2) is 4.98 Å². The summed E-state index contributed by atoms with van der Waals surface area (Å²) in [6, 6.07) is 3.77. The Morgan fingerprint density at radius 1 is 1.32 bits per heavy atom. The van der Waals surface area contributed by atoms with E-state index in [0.717, 1.165) is 24.5 Å². The van der Waals surface area contributed by atoms with E-state index in [0.29, 0.717) is 25.7 Å². The number of morpholine rings is 1. The number of nitrogens with one attached hydrogen (secondary N) is 2. The van der Waals surface area contributed by atoms with Gasteiger partial charge in [-0.2, -0.15) is 13.2 Å². The molecule has 2 N–H and O–H groups in total. The van der Waals surface area contributed by atoms with Gasteiger partial charge in [-0.3, -0.25) is 4.99 Å². The smallest absolute Gasteiger partial charge is 0.378 e. The number of alkyl halides is 3. The number of pyridine rings is 1. The normalized spacial score (nSPS) is 15.5. The third kappa shape index (κ3) is 7.63. The van der Waals surface area contributed by atoms with E-state index in [9.17, 15) is 13.2 Å². The minimum Gasteiger partial charge on any atom is -0.378 e. The fourth-order valence-electron chi connectivity index (χ4n) is 2.35. The van der Waals surface area contributed by atoms with E-state index in [-0.39, 0.29) is 30.5 Å². The summed E-state index contributed by atoms with van der Waals surface area (Å²) in [5, 5.41) is 5.69. The molecule has 1 aromatic rings. The maximum atomic E-state index is 12.2. The number of guanidine groups is 1. The molecule has 1 saturated heterocycles. The number of rotatable bonds is 5. The second-order valence-corrected chi connectivity index (χ2v) is 5.30. The lowest BCUT2D eigenvalue weighted by Crippen LogP contribution is -2.40. The SMILES string of the molecule is CN=C(NCCC(F)(F)F)NCc1cccnc1N1CCOCC1.I. The van der Waals surface area contributed by atoms with Crippen LogP contribution >= 0.6 is 24.0 Å². The zero-order chi connectivity index (χ0) is 17.4. The van der Waals surface area contributed by atoms with Gasteiger partial charge in [0.2, 0.25) is 0 Å². The van der Waals surface area contributed by atoms with Gasteiger partial charge in [0, 0.05) is 45.0 Å². The maximum Gasteiger partial charge on any atom is 0.390 e. The summed E-state index contributed by atoms with van der Waals surface area (Å²) in [5.74, 6) is 1.19. The van der Waals surface area contributed by atoms with Gasteiger partial charge in [0.15, 0.2) is 5.96 Å². The lowest BCUT2D eigenvalue weighted by Gasteiger charge is -2.29. The summed E-state index contributed by atoms with van der Waals surface area (Å²) in [6.07, 6.45) is -3.36. The molecule has 0 aliphatic carbocycles. The lowest BCUT2D eigenvalue weighted by molar-refractivity contribution is -0.132. The van der Waals surface area contributed by atoms with Crippen molar-refractivity contribution in [3.8, 4) is 0 Å². The van der Waals surface area contributed by atoms with Crippen LogP contribution in [-0.4, -0.2) is 57.0 Å². The first kappa shape index (κ1) is 21.7. The van der Waals surface area contributed by atoms with Crippen molar-refractivity contribution in [2.45, 2.75) is 19.1 Å². The second kappa shape index (κ2) is 10.6. The molecule has 0 unspecified atom stereocenters. The largest absolute Gasteiger partial charge is 0.390 e. The van der Waals surface area contributed by atoms with Crippen LogP contribution in [0, 0.1) is 0 Å². The third-order valence-corrected chi connectivity index (χ3v) is 3.55. The number of halogens is 4. The van der Waals surface area contributed by atoms with Gasteiger partial charge in [0.1, 0.15) is 5.82 Å². The molecule has 10 heteroatoms. The van der Waals surface area contributed by atoms with E-state index in [2.05, 4.69) is 25.5 Å². The highest BCUT2D eigenvalue weighted by atomic mass is 127. The number of nitrogens with zero attached hydrogens (tertiary/aromatic N) is 3. The fourth-order valence-corrected chi connectivity index (χ4v) is 2.35.